The van der Waals surface area contributed by atoms with Crippen LogP contribution in [-0.2, 0) is 18.3 Å². The van der Waals surface area contributed by atoms with Gasteiger partial charge in [-0.2, -0.15) is 5.10 Å². The number of aromatic nitrogens is 2. The van der Waals surface area contributed by atoms with E-state index in [1.807, 2.05) is 13.2 Å². The number of aryl methyl sites for hydroxylation is 1. The van der Waals surface area contributed by atoms with Gasteiger partial charge in [0.1, 0.15) is 0 Å². The summed E-state index contributed by atoms with van der Waals surface area (Å²) in [4.78, 5) is 24.6. The zero-order valence-electron chi connectivity index (χ0n) is 11.8. The third-order valence-electron chi connectivity index (χ3n) is 3.73. The number of likely N-dealkylation sites (tertiary alicyclic amines) is 1. The predicted octanol–water partition coefficient (Wildman–Crippen LogP) is 0.469. The van der Waals surface area contributed by atoms with Crippen molar-refractivity contribution in [3.8, 4) is 0 Å². The maximum Gasteiger partial charge on any atom is 0.317 e. The number of carbonyl (C=O) groups is 2. The molecule has 0 aliphatic carbocycles. The number of rotatable bonds is 4. The summed E-state index contributed by atoms with van der Waals surface area (Å²) in [6, 6.07) is -0.195. The lowest BCUT2D eigenvalue weighted by atomic mass is 9.90. The number of carboxylic acid groups (broad SMARTS) is 1. The average molecular weight is 280 g/mol. The molecule has 0 aromatic carbocycles. The first-order valence-corrected chi connectivity index (χ1v) is 6.64. The van der Waals surface area contributed by atoms with Gasteiger partial charge >= 0.3 is 12.0 Å². The molecule has 0 radical (unpaired) electrons. The number of carbonyl (C=O) groups excluding carboxylic acids is 1. The Morgan fingerprint density at radius 3 is 2.85 bits per heavy atom. The van der Waals surface area contributed by atoms with Crippen molar-refractivity contribution in [3.63, 3.8) is 0 Å². The van der Waals surface area contributed by atoms with Crippen LogP contribution in [0.1, 0.15) is 18.9 Å². The summed E-state index contributed by atoms with van der Waals surface area (Å²) in [7, 11) is 1.85. The number of aliphatic carboxylic acids is 1. The number of carboxylic acids is 1. The highest BCUT2D eigenvalue weighted by Crippen LogP contribution is 2.29. The van der Waals surface area contributed by atoms with Crippen LogP contribution in [0.2, 0.25) is 0 Å². The molecule has 110 valence electrons. The van der Waals surface area contributed by atoms with Gasteiger partial charge in [-0.1, -0.05) is 0 Å². The summed E-state index contributed by atoms with van der Waals surface area (Å²) in [5.74, 6) is -0.844. The number of amides is 2. The molecule has 1 aliphatic rings. The topological polar surface area (TPSA) is 87.5 Å². The normalized spacial score (nSPS) is 22.0. The number of nitrogens with zero attached hydrogens (tertiary/aromatic N) is 3. The van der Waals surface area contributed by atoms with Gasteiger partial charge < -0.3 is 15.3 Å². The maximum atomic E-state index is 12.0. The lowest BCUT2D eigenvalue weighted by Crippen LogP contribution is -2.41. The van der Waals surface area contributed by atoms with Gasteiger partial charge in [-0.3, -0.25) is 9.48 Å². The Hall–Kier alpha value is -2.05. The van der Waals surface area contributed by atoms with E-state index in [4.69, 9.17) is 5.11 Å². The maximum absolute atomic E-state index is 12.0. The fourth-order valence-electron chi connectivity index (χ4n) is 2.34. The zero-order valence-corrected chi connectivity index (χ0v) is 11.8. The Morgan fingerprint density at radius 2 is 2.30 bits per heavy atom. The fraction of sp³-hybridized carbons (Fsp3) is 0.615. The van der Waals surface area contributed by atoms with Gasteiger partial charge in [-0.25, -0.2) is 4.79 Å². The van der Waals surface area contributed by atoms with Crippen molar-refractivity contribution in [3.05, 3.63) is 18.0 Å². The molecule has 1 aliphatic heterocycles. The first kappa shape index (κ1) is 14.4. The second kappa shape index (κ2) is 5.52. The van der Waals surface area contributed by atoms with E-state index in [0.29, 0.717) is 25.9 Å². The summed E-state index contributed by atoms with van der Waals surface area (Å²) >= 11 is 0. The number of urea groups is 1. The second-order valence-electron chi connectivity index (χ2n) is 5.54. The van der Waals surface area contributed by atoms with Crippen LogP contribution in [0, 0.1) is 5.41 Å². The van der Waals surface area contributed by atoms with Crippen molar-refractivity contribution in [2.45, 2.75) is 19.8 Å². The molecule has 2 rings (SSSR count). The molecule has 1 atom stereocenters. The van der Waals surface area contributed by atoms with Crippen LogP contribution >= 0.6 is 0 Å². The molecule has 7 nitrogen and oxygen atoms in total. The van der Waals surface area contributed by atoms with Gasteiger partial charge in [0.25, 0.3) is 0 Å². The van der Waals surface area contributed by atoms with E-state index in [1.165, 1.54) is 0 Å². The lowest BCUT2D eigenvalue weighted by molar-refractivity contribution is -0.146. The minimum atomic E-state index is -0.844. The van der Waals surface area contributed by atoms with Crippen LogP contribution in [-0.4, -0.2) is 51.4 Å². The molecule has 1 saturated heterocycles. The van der Waals surface area contributed by atoms with E-state index in [-0.39, 0.29) is 12.6 Å². The fourth-order valence-corrected chi connectivity index (χ4v) is 2.34. The molecular formula is C13H20N4O3. The van der Waals surface area contributed by atoms with Crippen molar-refractivity contribution in [2.75, 3.05) is 19.6 Å². The summed E-state index contributed by atoms with van der Waals surface area (Å²) in [5, 5.41) is 16.0. The molecule has 0 saturated carbocycles. The third-order valence-corrected chi connectivity index (χ3v) is 3.73. The summed E-state index contributed by atoms with van der Waals surface area (Å²) in [6.45, 7) is 2.95. The third kappa shape index (κ3) is 3.09. The van der Waals surface area contributed by atoms with Crippen LogP contribution in [0.5, 0.6) is 0 Å². The van der Waals surface area contributed by atoms with E-state index in [9.17, 15) is 9.59 Å². The van der Waals surface area contributed by atoms with Crippen molar-refractivity contribution in [1.29, 1.82) is 0 Å². The lowest BCUT2D eigenvalue weighted by Gasteiger charge is -2.20. The molecule has 2 N–H and O–H groups in total. The molecule has 1 aromatic heterocycles. The summed E-state index contributed by atoms with van der Waals surface area (Å²) in [6.07, 6.45) is 4.88. The molecule has 1 unspecified atom stereocenters. The second-order valence-corrected chi connectivity index (χ2v) is 5.54. The summed E-state index contributed by atoms with van der Waals surface area (Å²) < 4.78 is 1.72. The average Bonchev–Trinajstić information content (AvgIpc) is 2.97. The van der Waals surface area contributed by atoms with Crippen molar-refractivity contribution in [2.24, 2.45) is 12.5 Å². The minimum absolute atomic E-state index is 0.195. The Morgan fingerprint density at radius 1 is 1.55 bits per heavy atom. The molecule has 1 aromatic rings. The van der Waals surface area contributed by atoms with Crippen molar-refractivity contribution >= 4 is 12.0 Å². The molecule has 7 heteroatoms. The van der Waals surface area contributed by atoms with Gasteiger partial charge in [-0.05, 0) is 25.3 Å². The van der Waals surface area contributed by atoms with Crippen molar-refractivity contribution in [1.82, 2.24) is 20.0 Å². The van der Waals surface area contributed by atoms with Gasteiger partial charge in [-0.15, -0.1) is 0 Å². The van der Waals surface area contributed by atoms with Gasteiger partial charge in [0.15, 0.2) is 0 Å². The molecule has 2 amide bonds. The van der Waals surface area contributed by atoms with E-state index in [0.717, 1.165) is 5.56 Å². The zero-order chi connectivity index (χ0) is 14.8. The Labute approximate surface area is 117 Å². The Kier molecular flexibility index (Phi) is 3.96. The van der Waals surface area contributed by atoms with Gasteiger partial charge in [0.2, 0.25) is 0 Å². The molecular weight excluding hydrogens is 260 g/mol. The van der Waals surface area contributed by atoms with Crippen LogP contribution in [0.25, 0.3) is 0 Å². The predicted molar refractivity (Wildman–Crippen MR) is 72.2 cm³/mol. The molecule has 2 heterocycles. The highest BCUT2D eigenvalue weighted by atomic mass is 16.4. The smallest absolute Gasteiger partial charge is 0.317 e. The van der Waals surface area contributed by atoms with E-state index >= 15 is 0 Å². The van der Waals surface area contributed by atoms with E-state index in [2.05, 4.69) is 10.4 Å². The molecule has 1 fully saturated rings. The standard InChI is InChI=1S/C13H20N4O3/c1-13(11(18)19)4-6-17(9-13)12(20)14-5-3-10-7-15-16(2)8-10/h7-8H,3-6,9H2,1-2H3,(H,14,20)(H,18,19). The number of hydrogen-bond acceptors (Lipinski definition) is 3. The van der Waals surface area contributed by atoms with E-state index < -0.39 is 11.4 Å². The number of nitrogens with one attached hydrogen (secondary N) is 1. The Balaban J connectivity index is 1.77. The van der Waals surface area contributed by atoms with E-state index in [1.54, 1.807) is 22.7 Å². The highest BCUT2D eigenvalue weighted by Gasteiger charge is 2.42. The largest absolute Gasteiger partial charge is 0.481 e. The van der Waals surface area contributed by atoms with Gasteiger partial charge in [0.05, 0.1) is 11.6 Å². The first-order valence-electron chi connectivity index (χ1n) is 6.64. The van der Waals surface area contributed by atoms with Crippen LogP contribution in [0.4, 0.5) is 4.79 Å². The number of hydrogen-bond donors (Lipinski definition) is 2. The highest BCUT2D eigenvalue weighted by molar-refractivity contribution is 5.79. The Bertz CT molecular complexity index is 513. The van der Waals surface area contributed by atoms with Crippen LogP contribution in [0.3, 0.4) is 0 Å². The monoisotopic (exact) mass is 280 g/mol. The van der Waals surface area contributed by atoms with Crippen LogP contribution in [0.15, 0.2) is 12.4 Å². The first-order chi connectivity index (χ1) is 9.40. The summed E-state index contributed by atoms with van der Waals surface area (Å²) in [5.41, 5.74) is 0.241. The molecule has 0 bridgehead atoms. The SMILES string of the molecule is Cn1cc(CCNC(=O)N2CCC(C)(C(=O)O)C2)cn1. The van der Waals surface area contributed by atoms with Gasteiger partial charge in [0, 0.05) is 32.9 Å². The molecule has 0 spiro atoms. The van der Waals surface area contributed by atoms with Crippen LogP contribution < -0.4 is 5.32 Å². The molecule has 20 heavy (non-hydrogen) atoms. The quantitative estimate of drug-likeness (QED) is 0.839. The van der Waals surface area contributed by atoms with Crippen molar-refractivity contribution < 1.29 is 14.7 Å². The minimum Gasteiger partial charge on any atom is -0.481 e.